The molecule has 25 heavy (non-hydrogen) atoms. The zero-order chi connectivity index (χ0) is 18.2. The van der Waals surface area contributed by atoms with Gasteiger partial charge >= 0.3 is 0 Å². The van der Waals surface area contributed by atoms with Gasteiger partial charge in [0.2, 0.25) is 11.5 Å². The van der Waals surface area contributed by atoms with E-state index >= 15 is 0 Å². The number of H-pyrrole nitrogens is 1. The number of nitrogens with one attached hydrogen (secondary N) is 2. The number of rotatable bonds is 4. The third kappa shape index (κ3) is 5.31. The van der Waals surface area contributed by atoms with Gasteiger partial charge in [0.15, 0.2) is 0 Å². The van der Waals surface area contributed by atoms with Crippen LogP contribution in [0.3, 0.4) is 0 Å². The van der Waals surface area contributed by atoms with Crippen molar-refractivity contribution in [2.24, 2.45) is 7.05 Å². The Balaban J connectivity index is 0.000000701. The topological polar surface area (TPSA) is 117 Å². The highest BCUT2D eigenvalue weighted by molar-refractivity contribution is 5.93. The van der Waals surface area contributed by atoms with Crippen molar-refractivity contribution in [3.63, 3.8) is 0 Å². The molecule has 0 unspecified atom stereocenters. The van der Waals surface area contributed by atoms with E-state index in [4.69, 9.17) is 9.90 Å². The van der Waals surface area contributed by atoms with Gasteiger partial charge in [-0.3, -0.25) is 19.1 Å². The normalized spacial score (nSPS) is 9.96. The molecule has 8 heteroatoms. The van der Waals surface area contributed by atoms with Crippen LogP contribution in [-0.4, -0.2) is 32.3 Å². The number of anilines is 1. The summed E-state index contributed by atoms with van der Waals surface area (Å²) in [5, 5.41) is 14.7. The molecule has 0 saturated heterocycles. The number of pyridine rings is 1. The summed E-state index contributed by atoms with van der Waals surface area (Å²) < 4.78 is 1.72. The van der Waals surface area contributed by atoms with Crippen molar-refractivity contribution in [3.8, 4) is 0 Å². The van der Waals surface area contributed by atoms with E-state index in [0.717, 1.165) is 22.2 Å². The minimum atomic E-state index is -0.250. The van der Waals surface area contributed by atoms with E-state index in [1.54, 1.807) is 29.1 Å². The van der Waals surface area contributed by atoms with E-state index in [0.29, 0.717) is 12.8 Å². The largest absolute Gasteiger partial charge is 0.483 e. The fraction of sp³-hybridized carbons (Fsp3) is 0.176. The number of nitrogens with zero attached hydrogens (tertiary/aromatic N) is 2. The summed E-state index contributed by atoms with van der Waals surface area (Å²) in [4.78, 5) is 34.3. The minimum Gasteiger partial charge on any atom is -0.483 e. The van der Waals surface area contributed by atoms with Gasteiger partial charge in [-0.25, -0.2) is 0 Å². The predicted molar refractivity (Wildman–Crippen MR) is 93.4 cm³/mol. The molecule has 0 fully saturated rings. The Labute approximate surface area is 143 Å². The van der Waals surface area contributed by atoms with Crippen molar-refractivity contribution in [2.75, 3.05) is 5.32 Å². The van der Waals surface area contributed by atoms with Gasteiger partial charge in [0, 0.05) is 42.3 Å². The standard InChI is InChI=1S/C16H16N4O2.CH2O2/c1-20-10-11(9-17-20)2-6-15(21)18-13-4-5-14-12(8-13)3-7-16(22)19-14;2-1-3/h3-5,7-10H,2,6H2,1H3,(H,18,21)(H,19,22);1H,(H,2,3). The second-order valence-corrected chi connectivity index (χ2v) is 5.30. The second-order valence-electron chi connectivity index (χ2n) is 5.30. The molecule has 2 heterocycles. The molecule has 130 valence electrons. The molecule has 0 bridgehead atoms. The molecule has 2 aromatic heterocycles. The first-order chi connectivity index (χ1) is 12.0. The maximum absolute atomic E-state index is 12.0. The van der Waals surface area contributed by atoms with Gasteiger partial charge < -0.3 is 15.4 Å². The molecule has 3 aromatic rings. The molecule has 3 N–H and O–H groups in total. The Morgan fingerprint density at radius 1 is 1.36 bits per heavy atom. The number of carboxylic acid groups (broad SMARTS) is 1. The average molecular weight is 342 g/mol. The Morgan fingerprint density at radius 3 is 2.80 bits per heavy atom. The van der Waals surface area contributed by atoms with Crippen molar-refractivity contribution < 1.29 is 14.7 Å². The minimum absolute atomic E-state index is 0.0485. The SMILES string of the molecule is Cn1cc(CCC(=O)Nc2ccc3[nH]c(=O)ccc3c2)cn1.O=CO. The zero-order valence-electron chi connectivity index (χ0n) is 13.6. The number of carbonyl (C=O) groups is 2. The average Bonchev–Trinajstić information content (AvgIpc) is 2.99. The lowest BCUT2D eigenvalue weighted by atomic mass is 10.1. The Kier molecular flexibility index (Phi) is 6.05. The molecule has 1 aromatic carbocycles. The van der Waals surface area contributed by atoms with Gasteiger partial charge in [0.1, 0.15) is 0 Å². The first kappa shape index (κ1) is 17.9. The summed E-state index contributed by atoms with van der Waals surface area (Å²) in [6, 6.07) is 8.61. The van der Waals surface area contributed by atoms with Gasteiger partial charge in [0.25, 0.3) is 6.47 Å². The highest BCUT2D eigenvalue weighted by Crippen LogP contribution is 2.16. The molecule has 8 nitrogen and oxygen atoms in total. The smallest absolute Gasteiger partial charge is 0.290 e. The summed E-state index contributed by atoms with van der Waals surface area (Å²) in [6.45, 7) is -0.250. The number of hydrogen-bond acceptors (Lipinski definition) is 4. The molecule has 3 rings (SSSR count). The Hall–Kier alpha value is -3.42. The Bertz CT molecular complexity index is 930. The first-order valence-electron chi connectivity index (χ1n) is 7.50. The fourth-order valence-electron chi connectivity index (χ4n) is 2.31. The van der Waals surface area contributed by atoms with Crippen LogP contribution in [0.15, 0.2) is 47.5 Å². The number of amides is 1. The number of carbonyl (C=O) groups excluding carboxylic acids is 1. The second kappa shape index (κ2) is 8.44. The van der Waals surface area contributed by atoms with Gasteiger partial charge in [-0.2, -0.15) is 5.10 Å². The van der Waals surface area contributed by atoms with E-state index < -0.39 is 0 Å². The highest BCUT2D eigenvalue weighted by atomic mass is 16.3. The van der Waals surface area contributed by atoms with E-state index in [1.165, 1.54) is 6.07 Å². The van der Waals surface area contributed by atoms with Crippen molar-refractivity contribution in [2.45, 2.75) is 12.8 Å². The third-order valence-electron chi connectivity index (χ3n) is 3.41. The zero-order valence-corrected chi connectivity index (χ0v) is 13.6. The van der Waals surface area contributed by atoms with Crippen molar-refractivity contribution >= 4 is 29.0 Å². The van der Waals surface area contributed by atoms with E-state index in [-0.39, 0.29) is 17.9 Å². The first-order valence-corrected chi connectivity index (χ1v) is 7.50. The van der Waals surface area contributed by atoms with Crippen LogP contribution < -0.4 is 10.9 Å². The van der Waals surface area contributed by atoms with Crippen LogP contribution in [0, 0.1) is 0 Å². The van der Waals surface area contributed by atoms with Gasteiger partial charge in [-0.05, 0) is 36.2 Å². The highest BCUT2D eigenvalue weighted by Gasteiger charge is 2.05. The number of aryl methyl sites for hydroxylation is 2. The molecule has 0 radical (unpaired) electrons. The lowest BCUT2D eigenvalue weighted by molar-refractivity contribution is -0.123. The predicted octanol–water partition coefficient (Wildman–Crippen LogP) is 1.53. The van der Waals surface area contributed by atoms with Crippen LogP contribution in [0.5, 0.6) is 0 Å². The van der Waals surface area contributed by atoms with Crippen LogP contribution in [0.2, 0.25) is 0 Å². The number of aromatic amines is 1. The van der Waals surface area contributed by atoms with Crippen LogP contribution in [0.1, 0.15) is 12.0 Å². The molecule has 0 saturated carbocycles. The van der Waals surface area contributed by atoms with Crippen molar-refractivity contribution in [1.82, 2.24) is 14.8 Å². The molecule has 0 aliphatic carbocycles. The number of hydrogen-bond donors (Lipinski definition) is 3. The van der Waals surface area contributed by atoms with E-state index in [9.17, 15) is 9.59 Å². The molecule has 0 aliphatic rings. The maximum atomic E-state index is 12.0. The quantitative estimate of drug-likeness (QED) is 0.622. The van der Waals surface area contributed by atoms with Crippen LogP contribution in [-0.2, 0) is 23.1 Å². The summed E-state index contributed by atoms with van der Waals surface area (Å²) in [5.41, 5.74) is 2.37. The van der Waals surface area contributed by atoms with Crippen molar-refractivity contribution in [3.05, 3.63) is 58.6 Å². The summed E-state index contributed by atoms with van der Waals surface area (Å²) in [7, 11) is 1.85. The molecular formula is C17H18N4O4. The third-order valence-corrected chi connectivity index (χ3v) is 3.41. The number of aromatic nitrogens is 3. The van der Waals surface area contributed by atoms with Gasteiger partial charge in [-0.15, -0.1) is 0 Å². The lowest BCUT2D eigenvalue weighted by Crippen LogP contribution is -2.12. The van der Waals surface area contributed by atoms with Crippen LogP contribution in [0.25, 0.3) is 10.9 Å². The lowest BCUT2D eigenvalue weighted by Gasteiger charge is -2.06. The summed E-state index contributed by atoms with van der Waals surface area (Å²) in [6.07, 6.45) is 4.72. The van der Waals surface area contributed by atoms with E-state index in [1.807, 2.05) is 19.3 Å². The molecule has 0 spiro atoms. The molecule has 0 atom stereocenters. The van der Waals surface area contributed by atoms with Crippen molar-refractivity contribution in [1.29, 1.82) is 0 Å². The Morgan fingerprint density at radius 2 is 2.12 bits per heavy atom. The maximum Gasteiger partial charge on any atom is 0.290 e. The van der Waals surface area contributed by atoms with Gasteiger partial charge in [0.05, 0.1) is 6.20 Å². The van der Waals surface area contributed by atoms with Crippen LogP contribution in [0.4, 0.5) is 5.69 Å². The molecular weight excluding hydrogens is 324 g/mol. The van der Waals surface area contributed by atoms with Gasteiger partial charge in [-0.1, -0.05) is 0 Å². The number of fused-ring (bicyclic) bond motifs is 1. The number of benzene rings is 1. The summed E-state index contributed by atoms with van der Waals surface area (Å²) in [5.74, 6) is -0.0485. The van der Waals surface area contributed by atoms with Crippen LogP contribution >= 0.6 is 0 Å². The van der Waals surface area contributed by atoms with E-state index in [2.05, 4.69) is 15.4 Å². The summed E-state index contributed by atoms with van der Waals surface area (Å²) >= 11 is 0. The molecule has 1 amide bonds. The monoisotopic (exact) mass is 342 g/mol. The molecule has 0 aliphatic heterocycles. The fourth-order valence-corrected chi connectivity index (χ4v) is 2.31.